The third-order valence-corrected chi connectivity index (χ3v) is 2.46. The predicted octanol–water partition coefficient (Wildman–Crippen LogP) is 0.318. The van der Waals surface area contributed by atoms with Crippen LogP contribution in [-0.4, -0.2) is 50.3 Å². The second kappa shape index (κ2) is 6.02. The van der Waals surface area contributed by atoms with Gasteiger partial charge in [-0.15, -0.1) is 6.42 Å². The Bertz CT molecular complexity index is 200. The number of terminal acetylenes is 1. The standard InChI is InChI=1S/C11H20N2O/c1-4-6-12-10(5-2)11-9-13(3)7-8-14-11/h2,10-12H,4,6-9H2,1,3H3. The van der Waals surface area contributed by atoms with Crippen LogP contribution >= 0.6 is 0 Å². The molecule has 1 saturated heterocycles. The highest BCUT2D eigenvalue weighted by molar-refractivity contribution is 5.04. The highest BCUT2D eigenvalue weighted by Gasteiger charge is 2.24. The number of hydrogen-bond donors (Lipinski definition) is 1. The molecule has 2 unspecified atom stereocenters. The molecule has 0 spiro atoms. The lowest BCUT2D eigenvalue weighted by Crippen LogP contribution is -2.50. The highest BCUT2D eigenvalue weighted by Crippen LogP contribution is 2.06. The Hall–Kier alpha value is -0.560. The van der Waals surface area contributed by atoms with Crippen molar-refractivity contribution in [2.45, 2.75) is 25.5 Å². The minimum atomic E-state index is 0.0534. The lowest BCUT2D eigenvalue weighted by atomic mass is 10.1. The molecule has 0 aromatic heterocycles. The van der Waals surface area contributed by atoms with E-state index in [9.17, 15) is 0 Å². The van der Waals surface area contributed by atoms with Crippen LogP contribution in [0.5, 0.6) is 0 Å². The van der Waals surface area contributed by atoms with Crippen molar-refractivity contribution in [1.82, 2.24) is 10.2 Å². The maximum Gasteiger partial charge on any atom is 0.0967 e. The largest absolute Gasteiger partial charge is 0.373 e. The molecule has 0 saturated carbocycles. The fourth-order valence-corrected chi connectivity index (χ4v) is 1.61. The van der Waals surface area contributed by atoms with Gasteiger partial charge in [0.2, 0.25) is 0 Å². The Kier molecular flexibility index (Phi) is 4.95. The molecule has 3 heteroatoms. The van der Waals surface area contributed by atoms with Crippen molar-refractivity contribution < 1.29 is 4.74 Å². The SMILES string of the molecule is C#CC(NCCC)C1CN(C)CCO1. The maximum absolute atomic E-state index is 5.65. The normalized spacial score (nSPS) is 25.6. The van der Waals surface area contributed by atoms with E-state index in [1.54, 1.807) is 0 Å². The van der Waals surface area contributed by atoms with Crippen LogP contribution in [0.2, 0.25) is 0 Å². The average Bonchev–Trinajstić information content (AvgIpc) is 2.19. The molecule has 3 nitrogen and oxygen atoms in total. The van der Waals surface area contributed by atoms with Crippen LogP contribution in [0, 0.1) is 12.3 Å². The van der Waals surface area contributed by atoms with Crippen LogP contribution in [0.4, 0.5) is 0 Å². The summed E-state index contributed by atoms with van der Waals surface area (Å²) in [6.45, 7) is 5.80. The van der Waals surface area contributed by atoms with Crippen molar-refractivity contribution >= 4 is 0 Å². The number of hydrogen-bond acceptors (Lipinski definition) is 3. The van der Waals surface area contributed by atoms with Gasteiger partial charge in [-0.25, -0.2) is 0 Å². The third kappa shape index (κ3) is 3.30. The van der Waals surface area contributed by atoms with Gasteiger partial charge in [-0.05, 0) is 20.0 Å². The van der Waals surface area contributed by atoms with Gasteiger partial charge < -0.3 is 15.0 Å². The van der Waals surface area contributed by atoms with Crippen LogP contribution in [0.15, 0.2) is 0 Å². The van der Waals surface area contributed by atoms with E-state index < -0.39 is 0 Å². The van der Waals surface area contributed by atoms with E-state index in [4.69, 9.17) is 11.2 Å². The van der Waals surface area contributed by atoms with Crippen molar-refractivity contribution in [3.63, 3.8) is 0 Å². The van der Waals surface area contributed by atoms with Gasteiger partial charge in [0, 0.05) is 13.1 Å². The van der Waals surface area contributed by atoms with Gasteiger partial charge in [0.1, 0.15) is 0 Å². The van der Waals surface area contributed by atoms with E-state index in [1.165, 1.54) is 0 Å². The number of likely N-dealkylation sites (N-methyl/N-ethyl adjacent to an activating group) is 1. The molecular weight excluding hydrogens is 176 g/mol. The molecule has 1 rings (SSSR count). The van der Waals surface area contributed by atoms with E-state index in [1.807, 2.05) is 0 Å². The Morgan fingerprint density at radius 1 is 1.71 bits per heavy atom. The molecule has 1 aliphatic heterocycles. The van der Waals surface area contributed by atoms with E-state index in [0.29, 0.717) is 0 Å². The Balaban J connectivity index is 2.39. The van der Waals surface area contributed by atoms with Gasteiger partial charge in [0.25, 0.3) is 0 Å². The number of ether oxygens (including phenoxy) is 1. The van der Waals surface area contributed by atoms with Crippen molar-refractivity contribution in [2.24, 2.45) is 0 Å². The molecule has 1 N–H and O–H groups in total. The first-order valence-electron chi connectivity index (χ1n) is 5.27. The smallest absolute Gasteiger partial charge is 0.0967 e. The van der Waals surface area contributed by atoms with Gasteiger partial charge in [-0.2, -0.15) is 0 Å². The zero-order chi connectivity index (χ0) is 10.4. The summed E-state index contributed by atoms with van der Waals surface area (Å²) in [6, 6.07) is 0.0534. The molecule has 0 aliphatic carbocycles. The van der Waals surface area contributed by atoms with Crippen molar-refractivity contribution in [3.05, 3.63) is 0 Å². The first-order chi connectivity index (χ1) is 6.77. The van der Waals surface area contributed by atoms with Gasteiger partial charge in [-0.1, -0.05) is 12.8 Å². The summed E-state index contributed by atoms with van der Waals surface area (Å²) in [7, 11) is 2.10. The Labute approximate surface area is 86.8 Å². The predicted molar refractivity (Wildman–Crippen MR) is 58.2 cm³/mol. The summed E-state index contributed by atoms with van der Waals surface area (Å²) in [6.07, 6.45) is 6.72. The summed E-state index contributed by atoms with van der Waals surface area (Å²) < 4.78 is 5.65. The Morgan fingerprint density at radius 3 is 3.07 bits per heavy atom. The van der Waals surface area contributed by atoms with E-state index in [0.717, 1.165) is 32.7 Å². The lowest BCUT2D eigenvalue weighted by Gasteiger charge is -2.33. The summed E-state index contributed by atoms with van der Waals surface area (Å²) in [5.41, 5.74) is 0. The van der Waals surface area contributed by atoms with Gasteiger partial charge in [-0.3, -0.25) is 0 Å². The minimum absolute atomic E-state index is 0.0534. The van der Waals surface area contributed by atoms with E-state index in [-0.39, 0.29) is 12.1 Å². The van der Waals surface area contributed by atoms with Crippen LogP contribution in [0.1, 0.15) is 13.3 Å². The maximum atomic E-state index is 5.65. The van der Waals surface area contributed by atoms with Crippen molar-refractivity contribution in [3.8, 4) is 12.3 Å². The zero-order valence-electron chi connectivity index (χ0n) is 9.12. The monoisotopic (exact) mass is 196 g/mol. The summed E-state index contributed by atoms with van der Waals surface area (Å²) in [5, 5.41) is 3.32. The minimum Gasteiger partial charge on any atom is -0.373 e. The van der Waals surface area contributed by atoms with Crippen LogP contribution < -0.4 is 5.32 Å². The van der Waals surface area contributed by atoms with E-state index in [2.05, 4.69) is 30.1 Å². The van der Waals surface area contributed by atoms with Crippen LogP contribution in [0.25, 0.3) is 0 Å². The molecule has 0 amide bonds. The molecular formula is C11H20N2O. The highest BCUT2D eigenvalue weighted by atomic mass is 16.5. The molecule has 2 atom stereocenters. The average molecular weight is 196 g/mol. The van der Waals surface area contributed by atoms with Gasteiger partial charge in [0.15, 0.2) is 0 Å². The quantitative estimate of drug-likeness (QED) is 0.655. The first-order valence-corrected chi connectivity index (χ1v) is 5.27. The number of nitrogens with zero attached hydrogens (tertiary/aromatic N) is 1. The number of morpholine rings is 1. The number of rotatable bonds is 4. The summed E-state index contributed by atoms with van der Waals surface area (Å²) >= 11 is 0. The second-order valence-electron chi connectivity index (χ2n) is 3.77. The van der Waals surface area contributed by atoms with Gasteiger partial charge in [0.05, 0.1) is 18.8 Å². The Morgan fingerprint density at radius 2 is 2.50 bits per heavy atom. The topological polar surface area (TPSA) is 24.5 Å². The molecule has 14 heavy (non-hydrogen) atoms. The molecule has 0 aromatic carbocycles. The zero-order valence-corrected chi connectivity index (χ0v) is 9.12. The molecule has 1 aliphatic rings. The van der Waals surface area contributed by atoms with Crippen LogP contribution in [0.3, 0.4) is 0 Å². The summed E-state index contributed by atoms with van der Waals surface area (Å²) in [5.74, 6) is 2.76. The molecule has 0 radical (unpaired) electrons. The summed E-state index contributed by atoms with van der Waals surface area (Å²) in [4.78, 5) is 2.26. The van der Waals surface area contributed by atoms with Crippen molar-refractivity contribution in [1.29, 1.82) is 0 Å². The number of nitrogens with one attached hydrogen (secondary N) is 1. The fourth-order valence-electron chi connectivity index (χ4n) is 1.61. The second-order valence-corrected chi connectivity index (χ2v) is 3.77. The molecule has 0 aromatic rings. The molecule has 1 fully saturated rings. The van der Waals surface area contributed by atoms with E-state index >= 15 is 0 Å². The molecule has 1 heterocycles. The van der Waals surface area contributed by atoms with Crippen molar-refractivity contribution in [2.75, 3.05) is 33.3 Å². The lowest BCUT2D eigenvalue weighted by molar-refractivity contribution is -0.0288. The van der Waals surface area contributed by atoms with Gasteiger partial charge >= 0.3 is 0 Å². The van der Waals surface area contributed by atoms with Crippen LogP contribution in [-0.2, 0) is 4.74 Å². The molecule has 80 valence electrons. The first kappa shape index (κ1) is 11.5. The fraction of sp³-hybridized carbons (Fsp3) is 0.818. The third-order valence-electron chi connectivity index (χ3n) is 2.46. The molecule has 0 bridgehead atoms.